The predicted octanol–water partition coefficient (Wildman–Crippen LogP) is 2.58. The standard InChI is InChI=1S/C20H22N2O2/c21-14-16-6-8-17(9-7-16)19(23)15-22-12-10-20(24,11-13-22)18-4-2-1-3-5-18/h1-9,19,23-24H,10-13,15H2. The highest BCUT2D eigenvalue weighted by molar-refractivity contribution is 5.32. The van der Waals surface area contributed by atoms with Crippen LogP contribution < -0.4 is 0 Å². The molecule has 2 aromatic rings. The predicted molar refractivity (Wildman–Crippen MR) is 92.1 cm³/mol. The van der Waals surface area contributed by atoms with Crippen molar-refractivity contribution in [3.63, 3.8) is 0 Å². The Balaban J connectivity index is 1.58. The molecule has 24 heavy (non-hydrogen) atoms. The number of β-amino-alcohol motifs (C(OH)–C–C–N with tert-alkyl or cyclic N) is 1. The Labute approximate surface area is 142 Å². The van der Waals surface area contributed by atoms with Crippen LogP contribution in [-0.4, -0.2) is 34.7 Å². The molecule has 1 saturated heterocycles. The molecule has 0 aromatic heterocycles. The topological polar surface area (TPSA) is 67.5 Å². The fourth-order valence-corrected chi connectivity index (χ4v) is 3.27. The molecular weight excluding hydrogens is 300 g/mol. The first-order chi connectivity index (χ1) is 11.6. The van der Waals surface area contributed by atoms with Gasteiger partial charge in [0.25, 0.3) is 0 Å². The molecule has 0 bridgehead atoms. The van der Waals surface area contributed by atoms with Crippen molar-refractivity contribution in [3.8, 4) is 6.07 Å². The second kappa shape index (κ2) is 7.14. The first-order valence-electron chi connectivity index (χ1n) is 8.29. The summed E-state index contributed by atoms with van der Waals surface area (Å²) < 4.78 is 0. The van der Waals surface area contributed by atoms with E-state index in [9.17, 15) is 10.2 Å². The maximum atomic E-state index is 10.8. The molecule has 1 atom stereocenters. The van der Waals surface area contributed by atoms with E-state index < -0.39 is 11.7 Å². The van der Waals surface area contributed by atoms with E-state index >= 15 is 0 Å². The number of rotatable bonds is 4. The van der Waals surface area contributed by atoms with Gasteiger partial charge in [-0.05, 0) is 36.1 Å². The number of nitriles is 1. The molecule has 0 radical (unpaired) electrons. The lowest BCUT2D eigenvalue weighted by Gasteiger charge is -2.39. The van der Waals surface area contributed by atoms with Crippen LogP contribution >= 0.6 is 0 Å². The fraction of sp³-hybridized carbons (Fsp3) is 0.350. The molecule has 1 fully saturated rings. The maximum Gasteiger partial charge on any atom is 0.0991 e. The summed E-state index contributed by atoms with van der Waals surface area (Å²) in [6, 6.07) is 18.9. The maximum absolute atomic E-state index is 10.8. The minimum Gasteiger partial charge on any atom is -0.387 e. The number of hydrogen-bond acceptors (Lipinski definition) is 4. The molecule has 4 heteroatoms. The van der Waals surface area contributed by atoms with Crippen LogP contribution in [0.25, 0.3) is 0 Å². The van der Waals surface area contributed by atoms with E-state index in [1.54, 1.807) is 24.3 Å². The molecule has 1 aliphatic heterocycles. The number of aliphatic hydroxyl groups is 2. The Morgan fingerprint density at radius 3 is 2.25 bits per heavy atom. The summed E-state index contributed by atoms with van der Waals surface area (Å²) in [7, 11) is 0. The zero-order valence-electron chi connectivity index (χ0n) is 13.6. The van der Waals surface area contributed by atoms with E-state index in [1.165, 1.54) is 0 Å². The average Bonchev–Trinajstić information content (AvgIpc) is 2.64. The second-order valence-electron chi connectivity index (χ2n) is 6.45. The first kappa shape index (κ1) is 16.7. The SMILES string of the molecule is N#Cc1ccc(C(O)CN2CCC(O)(c3ccccc3)CC2)cc1. The smallest absolute Gasteiger partial charge is 0.0991 e. The Bertz CT molecular complexity index is 699. The number of aliphatic hydroxyl groups excluding tert-OH is 1. The van der Waals surface area contributed by atoms with Crippen LogP contribution in [0.1, 0.15) is 35.6 Å². The summed E-state index contributed by atoms with van der Waals surface area (Å²) in [4.78, 5) is 2.18. The van der Waals surface area contributed by atoms with Crippen molar-refractivity contribution < 1.29 is 10.2 Å². The van der Waals surface area contributed by atoms with Gasteiger partial charge in [0.05, 0.1) is 23.3 Å². The average molecular weight is 322 g/mol. The lowest BCUT2D eigenvalue weighted by atomic mass is 9.84. The lowest BCUT2D eigenvalue weighted by molar-refractivity contribution is -0.0344. The van der Waals surface area contributed by atoms with Crippen LogP contribution in [-0.2, 0) is 5.60 Å². The van der Waals surface area contributed by atoms with Crippen LogP contribution in [0.4, 0.5) is 0 Å². The molecule has 2 N–H and O–H groups in total. The van der Waals surface area contributed by atoms with Gasteiger partial charge in [-0.25, -0.2) is 0 Å². The highest BCUT2D eigenvalue weighted by Crippen LogP contribution is 2.33. The molecule has 0 spiro atoms. The van der Waals surface area contributed by atoms with Crippen LogP contribution in [0.2, 0.25) is 0 Å². The third kappa shape index (κ3) is 3.65. The molecule has 0 aliphatic carbocycles. The quantitative estimate of drug-likeness (QED) is 0.908. The highest BCUT2D eigenvalue weighted by Gasteiger charge is 2.34. The molecule has 2 aromatic carbocycles. The molecule has 1 unspecified atom stereocenters. The van der Waals surface area contributed by atoms with Crippen molar-refractivity contribution >= 4 is 0 Å². The number of piperidine rings is 1. The van der Waals surface area contributed by atoms with E-state index in [0.29, 0.717) is 24.9 Å². The van der Waals surface area contributed by atoms with E-state index in [0.717, 1.165) is 24.2 Å². The van der Waals surface area contributed by atoms with Gasteiger partial charge in [-0.2, -0.15) is 5.26 Å². The summed E-state index contributed by atoms with van der Waals surface area (Å²) in [6.07, 6.45) is 0.745. The minimum atomic E-state index is -0.767. The first-order valence-corrected chi connectivity index (χ1v) is 8.29. The highest BCUT2D eigenvalue weighted by atomic mass is 16.3. The van der Waals surface area contributed by atoms with Gasteiger partial charge in [-0.1, -0.05) is 42.5 Å². The fourth-order valence-electron chi connectivity index (χ4n) is 3.27. The molecule has 3 rings (SSSR count). The van der Waals surface area contributed by atoms with Crippen molar-refractivity contribution in [2.45, 2.75) is 24.5 Å². The van der Waals surface area contributed by atoms with Crippen molar-refractivity contribution in [2.75, 3.05) is 19.6 Å². The van der Waals surface area contributed by atoms with Crippen LogP contribution in [0.3, 0.4) is 0 Å². The number of likely N-dealkylation sites (tertiary alicyclic amines) is 1. The van der Waals surface area contributed by atoms with E-state index in [4.69, 9.17) is 5.26 Å². The minimum absolute atomic E-state index is 0.538. The van der Waals surface area contributed by atoms with E-state index in [-0.39, 0.29) is 0 Å². The van der Waals surface area contributed by atoms with Gasteiger partial charge in [0.2, 0.25) is 0 Å². The number of nitrogens with zero attached hydrogens (tertiary/aromatic N) is 2. The van der Waals surface area contributed by atoms with Gasteiger partial charge in [0, 0.05) is 19.6 Å². The van der Waals surface area contributed by atoms with Crippen LogP contribution in [0.15, 0.2) is 54.6 Å². The molecule has 0 amide bonds. The molecule has 1 aliphatic rings. The van der Waals surface area contributed by atoms with E-state index in [1.807, 2.05) is 30.3 Å². The second-order valence-corrected chi connectivity index (χ2v) is 6.45. The third-order valence-electron chi connectivity index (χ3n) is 4.85. The molecule has 0 saturated carbocycles. The molecule has 124 valence electrons. The molecular formula is C20H22N2O2. The Morgan fingerprint density at radius 1 is 1.04 bits per heavy atom. The zero-order chi connectivity index (χ0) is 17.0. The van der Waals surface area contributed by atoms with Crippen molar-refractivity contribution in [2.24, 2.45) is 0 Å². The third-order valence-corrected chi connectivity index (χ3v) is 4.85. The Morgan fingerprint density at radius 2 is 1.67 bits per heavy atom. The zero-order valence-corrected chi connectivity index (χ0v) is 13.6. The summed E-state index contributed by atoms with van der Waals surface area (Å²) in [5, 5.41) is 30.1. The van der Waals surface area contributed by atoms with Gasteiger partial charge in [0.1, 0.15) is 0 Å². The summed E-state index contributed by atoms with van der Waals surface area (Å²) in [5.74, 6) is 0. The number of hydrogen-bond donors (Lipinski definition) is 2. The van der Waals surface area contributed by atoms with Crippen molar-refractivity contribution in [3.05, 3.63) is 71.3 Å². The van der Waals surface area contributed by atoms with Gasteiger partial charge in [-0.3, -0.25) is 0 Å². The van der Waals surface area contributed by atoms with Gasteiger partial charge in [-0.15, -0.1) is 0 Å². The van der Waals surface area contributed by atoms with Gasteiger partial charge in [0.15, 0.2) is 0 Å². The summed E-state index contributed by atoms with van der Waals surface area (Å²) >= 11 is 0. The number of benzene rings is 2. The molecule has 1 heterocycles. The van der Waals surface area contributed by atoms with Crippen LogP contribution in [0, 0.1) is 11.3 Å². The Kier molecular flexibility index (Phi) is 4.96. The lowest BCUT2D eigenvalue weighted by Crippen LogP contribution is -2.43. The van der Waals surface area contributed by atoms with Gasteiger partial charge < -0.3 is 15.1 Å². The van der Waals surface area contributed by atoms with Crippen molar-refractivity contribution in [1.82, 2.24) is 4.90 Å². The van der Waals surface area contributed by atoms with Gasteiger partial charge >= 0.3 is 0 Å². The largest absolute Gasteiger partial charge is 0.387 e. The van der Waals surface area contributed by atoms with E-state index in [2.05, 4.69) is 11.0 Å². The Hall–Kier alpha value is -2.19. The summed E-state index contributed by atoms with van der Waals surface area (Å²) in [6.45, 7) is 2.04. The summed E-state index contributed by atoms with van der Waals surface area (Å²) in [5.41, 5.74) is 1.61. The monoisotopic (exact) mass is 322 g/mol. The normalized spacial score (nSPS) is 18.7. The van der Waals surface area contributed by atoms with Crippen LogP contribution in [0.5, 0.6) is 0 Å². The molecule has 4 nitrogen and oxygen atoms in total. The van der Waals surface area contributed by atoms with Crippen molar-refractivity contribution in [1.29, 1.82) is 5.26 Å².